The second kappa shape index (κ2) is 11.7. The molecule has 0 saturated carbocycles. The minimum Gasteiger partial charge on any atom is -0.352 e. The molecule has 1 atom stereocenters. The van der Waals surface area contributed by atoms with E-state index in [-0.39, 0.29) is 36.0 Å². The van der Waals surface area contributed by atoms with Gasteiger partial charge < -0.3 is 10.2 Å². The Morgan fingerprint density at radius 1 is 1.03 bits per heavy atom. The van der Waals surface area contributed by atoms with E-state index < -0.39 is 6.04 Å². The third-order valence-electron chi connectivity index (χ3n) is 4.70. The average molecular weight is 431 g/mol. The molecule has 0 bridgehead atoms. The summed E-state index contributed by atoms with van der Waals surface area (Å²) in [5, 5.41) is 2.91. The summed E-state index contributed by atoms with van der Waals surface area (Å²) in [5.41, 5.74) is 3.16. The van der Waals surface area contributed by atoms with E-state index in [1.165, 1.54) is 29.5 Å². The fourth-order valence-corrected chi connectivity index (χ4v) is 3.98. The molecule has 0 aliphatic rings. The fraction of sp³-hybridized carbons (Fsp3) is 0.417. The minimum atomic E-state index is -0.565. The van der Waals surface area contributed by atoms with Crippen LogP contribution < -0.4 is 5.32 Å². The van der Waals surface area contributed by atoms with Crippen LogP contribution in [0.5, 0.6) is 0 Å². The summed E-state index contributed by atoms with van der Waals surface area (Å²) in [4.78, 5) is 27.4. The highest BCUT2D eigenvalue weighted by atomic mass is 32.2. The second-order valence-corrected chi connectivity index (χ2v) is 8.70. The zero-order valence-electron chi connectivity index (χ0n) is 18.2. The lowest BCUT2D eigenvalue weighted by Crippen LogP contribution is -2.50. The van der Waals surface area contributed by atoms with Crippen LogP contribution >= 0.6 is 11.8 Å². The molecular weight excluding hydrogens is 399 g/mol. The van der Waals surface area contributed by atoms with Crippen LogP contribution in [-0.2, 0) is 21.9 Å². The van der Waals surface area contributed by atoms with Crippen LogP contribution in [0.15, 0.2) is 48.5 Å². The minimum absolute atomic E-state index is 0.00904. The van der Waals surface area contributed by atoms with E-state index in [1.807, 2.05) is 27.7 Å². The number of hydrogen-bond acceptors (Lipinski definition) is 3. The molecule has 2 amide bonds. The van der Waals surface area contributed by atoms with Gasteiger partial charge in [0.2, 0.25) is 11.8 Å². The monoisotopic (exact) mass is 430 g/mol. The molecule has 2 aromatic carbocycles. The van der Waals surface area contributed by atoms with Crippen LogP contribution in [0, 0.1) is 12.7 Å². The van der Waals surface area contributed by atoms with E-state index in [1.54, 1.807) is 17.0 Å². The highest BCUT2D eigenvalue weighted by Gasteiger charge is 2.28. The van der Waals surface area contributed by atoms with E-state index >= 15 is 0 Å². The summed E-state index contributed by atoms with van der Waals surface area (Å²) in [7, 11) is 0. The van der Waals surface area contributed by atoms with Crippen molar-refractivity contribution in [3.63, 3.8) is 0 Å². The predicted octanol–water partition coefficient (Wildman–Crippen LogP) is 4.70. The molecule has 2 rings (SSSR count). The van der Waals surface area contributed by atoms with Crippen LogP contribution in [0.4, 0.5) is 4.39 Å². The van der Waals surface area contributed by atoms with E-state index in [0.717, 1.165) is 16.9 Å². The summed E-state index contributed by atoms with van der Waals surface area (Å²) >= 11 is 1.53. The number of carbonyl (C=O) groups is 2. The van der Waals surface area contributed by atoms with Gasteiger partial charge in [0.25, 0.3) is 0 Å². The average Bonchev–Trinajstić information content (AvgIpc) is 2.70. The topological polar surface area (TPSA) is 49.4 Å². The lowest BCUT2D eigenvalue weighted by atomic mass is 10.1. The van der Waals surface area contributed by atoms with E-state index in [9.17, 15) is 14.0 Å². The van der Waals surface area contributed by atoms with Gasteiger partial charge >= 0.3 is 0 Å². The number of hydrogen-bond donors (Lipinski definition) is 1. The molecule has 0 spiro atoms. The number of nitrogens with zero attached hydrogens (tertiary/aromatic N) is 1. The molecule has 6 heteroatoms. The van der Waals surface area contributed by atoms with Crippen molar-refractivity contribution in [3.05, 3.63) is 71.0 Å². The molecule has 0 saturated heterocycles. The Morgan fingerprint density at radius 2 is 1.63 bits per heavy atom. The molecule has 0 aromatic heterocycles. The van der Waals surface area contributed by atoms with Crippen molar-refractivity contribution in [1.29, 1.82) is 0 Å². The van der Waals surface area contributed by atoms with Gasteiger partial charge in [-0.15, -0.1) is 11.8 Å². The smallest absolute Gasteiger partial charge is 0.243 e. The Hall–Kier alpha value is -2.34. The fourth-order valence-electron chi connectivity index (χ4n) is 3.11. The van der Waals surface area contributed by atoms with Gasteiger partial charge in [-0.05, 0) is 50.5 Å². The number of aryl methyl sites for hydroxylation is 1. The van der Waals surface area contributed by atoms with Gasteiger partial charge in [0.1, 0.15) is 11.9 Å². The number of halogens is 1. The molecular formula is C24H31FN2O2S. The Morgan fingerprint density at radius 3 is 2.20 bits per heavy atom. The molecule has 1 unspecified atom stereocenters. The van der Waals surface area contributed by atoms with Crippen molar-refractivity contribution >= 4 is 23.6 Å². The van der Waals surface area contributed by atoms with Gasteiger partial charge in [-0.2, -0.15) is 0 Å². The Bertz CT molecular complexity index is 822. The maximum Gasteiger partial charge on any atom is 0.243 e. The van der Waals surface area contributed by atoms with Crippen molar-refractivity contribution < 1.29 is 14.0 Å². The molecule has 0 aliphatic carbocycles. The molecule has 162 valence electrons. The molecule has 2 aromatic rings. The Balaban J connectivity index is 2.11. The zero-order valence-corrected chi connectivity index (χ0v) is 19.0. The van der Waals surface area contributed by atoms with Gasteiger partial charge in [-0.25, -0.2) is 4.39 Å². The van der Waals surface area contributed by atoms with Gasteiger partial charge in [0.15, 0.2) is 0 Å². The van der Waals surface area contributed by atoms with Crippen LogP contribution in [0.2, 0.25) is 0 Å². The Kier molecular flexibility index (Phi) is 9.37. The number of carbonyl (C=O) groups excluding carboxylic acids is 2. The lowest BCUT2D eigenvalue weighted by molar-refractivity contribution is -0.139. The number of nitrogens with one attached hydrogen (secondary N) is 1. The van der Waals surface area contributed by atoms with Gasteiger partial charge in [-0.1, -0.05) is 48.9 Å². The van der Waals surface area contributed by atoms with Crippen molar-refractivity contribution in [2.45, 2.75) is 58.5 Å². The van der Waals surface area contributed by atoms with Gasteiger partial charge in [0, 0.05) is 18.3 Å². The van der Waals surface area contributed by atoms with Gasteiger partial charge in [0.05, 0.1) is 5.75 Å². The summed E-state index contributed by atoms with van der Waals surface area (Å²) in [6.45, 7) is 8.01. The summed E-state index contributed by atoms with van der Waals surface area (Å²) in [6.07, 6.45) is 0.508. The zero-order chi connectivity index (χ0) is 22.1. The standard InChI is InChI=1S/C24H31FN2O2S/c1-5-22(24(29)26-17(2)3)27(14-19-10-12-21(25)13-11-19)23(28)16-30-15-20-8-6-18(4)7-9-20/h6-13,17,22H,5,14-16H2,1-4H3,(H,26,29). The van der Waals surface area contributed by atoms with E-state index in [0.29, 0.717) is 6.42 Å². The SMILES string of the molecule is CCC(C(=O)NC(C)C)N(Cc1ccc(F)cc1)C(=O)CSCc1ccc(C)cc1. The van der Waals surface area contributed by atoms with E-state index in [4.69, 9.17) is 0 Å². The first-order valence-corrected chi connectivity index (χ1v) is 11.4. The normalized spacial score (nSPS) is 11.9. The highest BCUT2D eigenvalue weighted by Crippen LogP contribution is 2.18. The molecule has 0 radical (unpaired) electrons. The number of rotatable bonds is 10. The summed E-state index contributed by atoms with van der Waals surface area (Å²) in [6, 6.07) is 13.7. The quantitative estimate of drug-likeness (QED) is 0.594. The first-order chi connectivity index (χ1) is 14.3. The third kappa shape index (κ3) is 7.48. The summed E-state index contributed by atoms with van der Waals surface area (Å²) < 4.78 is 13.3. The highest BCUT2D eigenvalue weighted by molar-refractivity contribution is 7.99. The third-order valence-corrected chi connectivity index (χ3v) is 5.69. The number of benzene rings is 2. The molecule has 30 heavy (non-hydrogen) atoms. The molecule has 0 aliphatic heterocycles. The number of amides is 2. The van der Waals surface area contributed by atoms with Gasteiger partial charge in [-0.3, -0.25) is 9.59 Å². The van der Waals surface area contributed by atoms with Crippen molar-refractivity contribution in [2.24, 2.45) is 0 Å². The molecule has 1 N–H and O–H groups in total. The second-order valence-electron chi connectivity index (χ2n) is 7.71. The number of thioether (sulfide) groups is 1. The van der Waals surface area contributed by atoms with Crippen LogP contribution in [0.1, 0.15) is 43.9 Å². The lowest BCUT2D eigenvalue weighted by Gasteiger charge is -2.31. The van der Waals surface area contributed by atoms with E-state index in [2.05, 4.69) is 29.6 Å². The first kappa shape index (κ1) is 23.9. The van der Waals surface area contributed by atoms with Crippen LogP contribution in [-0.4, -0.2) is 34.6 Å². The molecule has 0 heterocycles. The predicted molar refractivity (Wildman–Crippen MR) is 122 cm³/mol. The van der Waals surface area contributed by atoms with Crippen LogP contribution in [0.3, 0.4) is 0 Å². The Labute approximate surface area is 183 Å². The summed E-state index contributed by atoms with van der Waals surface area (Å²) in [5.74, 6) is 0.426. The van der Waals surface area contributed by atoms with Crippen molar-refractivity contribution in [2.75, 3.05) is 5.75 Å². The molecule has 0 fully saturated rings. The maximum atomic E-state index is 13.3. The largest absolute Gasteiger partial charge is 0.352 e. The van der Waals surface area contributed by atoms with Crippen molar-refractivity contribution in [1.82, 2.24) is 10.2 Å². The van der Waals surface area contributed by atoms with Crippen LogP contribution in [0.25, 0.3) is 0 Å². The molecule has 4 nitrogen and oxygen atoms in total. The first-order valence-electron chi connectivity index (χ1n) is 10.3. The van der Waals surface area contributed by atoms with Crippen molar-refractivity contribution in [3.8, 4) is 0 Å². The maximum absolute atomic E-state index is 13.3.